The molecule has 96 valence electrons. The Morgan fingerprint density at radius 3 is 3.00 bits per heavy atom. The molecule has 1 aromatic rings. The van der Waals surface area contributed by atoms with Gasteiger partial charge in [-0.25, -0.2) is 0 Å². The highest BCUT2D eigenvalue weighted by molar-refractivity contribution is 6.30. The Morgan fingerprint density at radius 2 is 2.33 bits per heavy atom. The molecule has 0 fully saturated rings. The van der Waals surface area contributed by atoms with Crippen LogP contribution in [0, 0.1) is 11.3 Å². The van der Waals surface area contributed by atoms with E-state index in [9.17, 15) is 4.79 Å². The summed E-state index contributed by atoms with van der Waals surface area (Å²) < 4.78 is 4.82. The van der Waals surface area contributed by atoms with Gasteiger partial charge in [-0.1, -0.05) is 11.6 Å². The van der Waals surface area contributed by atoms with Crippen molar-refractivity contribution >= 4 is 23.3 Å². The van der Waals surface area contributed by atoms with Crippen molar-refractivity contribution < 1.29 is 9.53 Å². The number of hydrogen-bond donors (Lipinski definition) is 1. The van der Waals surface area contributed by atoms with E-state index in [0.29, 0.717) is 36.6 Å². The number of halogens is 1. The summed E-state index contributed by atoms with van der Waals surface area (Å²) in [5.74, 6) is -0.198. The van der Waals surface area contributed by atoms with E-state index < -0.39 is 0 Å². The minimum Gasteiger partial charge on any atom is -0.466 e. The first-order valence-corrected chi connectivity index (χ1v) is 6.14. The van der Waals surface area contributed by atoms with Crippen LogP contribution >= 0.6 is 11.6 Å². The lowest BCUT2D eigenvalue weighted by Gasteiger charge is -2.08. The third-order valence-corrected chi connectivity index (χ3v) is 2.52. The quantitative estimate of drug-likeness (QED) is 0.635. The van der Waals surface area contributed by atoms with Crippen LogP contribution < -0.4 is 5.32 Å². The maximum absolute atomic E-state index is 11.1. The molecule has 1 N–H and O–H groups in total. The van der Waals surface area contributed by atoms with E-state index in [-0.39, 0.29) is 5.97 Å². The van der Waals surface area contributed by atoms with E-state index in [1.54, 1.807) is 25.1 Å². The molecule has 5 heteroatoms. The number of hydrogen-bond acceptors (Lipinski definition) is 4. The van der Waals surface area contributed by atoms with E-state index in [2.05, 4.69) is 11.4 Å². The van der Waals surface area contributed by atoms with Gasteiger partial charge in [0, 0.05) is 18.0 Å². The summed E-state index contributed by atoms with van der Waals surface area (Å²) in [6.07, 6.45) is 1.03. The van der Waals surface area contributed by atoms with Gasteiger partial charge in [0.1, 0.15) is 6.07 Å². The lowest BCUT2D eigenvalue weighted by Crippen LogP contribution is -2.08. The Morgan fingerprint density at radius 1 is 1.56 bits per heavy atom. The van der Waals surface area contributed by atoms with Gasteiger partial charge in [0.05, 0.1) is 17.9 Å². The highest BCUT2D eigenvalue weighted by Crippen LogP contribution is 2.19. The molecule has 0 saturated carbocycles. The summed E-state index contributed by atoms with van der Waals surface area (Å²) in [6.45, 7) is 2.79. The number of carbonyl (C=O) groups excluding carboxylic acids is 1. The number of nitrogens with zero attached hydrogens (tertiary/aromatic N) is 1. The van der Waals surface area contributed by atoms with Crippen molar-refractivity contribution in [2.45, 2.75) is 19.8 Å². The first-order chi connectivity index (χ1) is 8.67. The average Bonchev–Trinajstić information content (AvgIpc) is 2.36. The highest BCUT2D eigenvalue weighted by Gasteiger charge is 2.04. The minimum atomic E-state index is -0.198. The molecular formula is C13H15ClN2O2. The van der Waals surface area contributed by atoms with E-state index in [1.807, 2.05) is 0 Å². The third-order valence-electron chi connectivity index (χ3n) is 2.28. The average molecular weight is 267 g/mol. The molecule has 1 rings (SSSR count). The normalized spacial score (nSPS) is 9.61. The number of benzene rings is 1. The van der Waals surface area contributed by atoms with E-state index >= 15 is 0 Å². The third kappa shape index (κ3) is 4.64. The summed E-state index contributed by atoms with van der Waals surface area (Å²) in [6, 6.07) is 7.15. The zero-order chi connectivity index (χ0) is 13.4. The Bertz CT molecular complexity index is 455. The molecule has 0 saturated heterocycles. The summed E-state index contributed by atoms with van der Waals surface area (Å²) in [5.41, 5.74) is 1.23. The Balaban J connectivity index is 2.40. The molecule has 4 nitrogen and oxygen atoms in total. The van der Waals surface area contributed by atoms with Crippen molar-refractivity contribution in [1.29, 1.82) is 5.26 Å². The fourth-order valence-corrected chi connectivity index (χ4v) is 1.62. The fraction of sp³-hybridized carbons (Fsp3) is 0.385. The monoisotopic (exact) mass is 266 g/mol. The minimum absolute atomic E-state index is 0.198. The molecule has 0 aliphatic rings. The number of nitriles is 1. The van der Waals surface area contributed by atoms with Gasteiger partial charge in [-0.15, -0.1) is 0 Å². The van der Waals surface area contributed by atoms with Gasteiger partial charge in [0.25, 0.3) is 0 Å². The molecular weight excluding hydrogens is 252 g/mol. The van der Waals surface area contributed by atoms with Gasteiger partial charge in [0.2, 0.25) is 0 Å². The standard InChI is InChI=1S/C13H15ClN2O2/c1-2-18-13(17)4-3-7-16-12-6-5-11(14)8-10(12)9-15/h5-6,8,16H,2-4,7H2,1H3. The largest absolute Gasteiger partial charge is 0.466 e. The molecule has 0 radical (unpaired) electrons. The maximum Gasteiger partial charge on any atom is 0.305 e. The maximum atomic E-state index is 11.1. The predicted molar refractivity (Wildman–Crippen MR) is 70.5 cm³/mol. The first kappa shape index (κ1) is 14.3. The summed E-state index contributed by atoms with van der Waals surface area (Å²) >= 11 is 5.79. The second-order valence-corrected chi connectivity index (χ2v) is 4.07. The van der Waals surface area contributed by atoms with Gasteiger partial charge in [0.15, 0.2) is 0 Å². The molecule has 0 aliphatic carbocycles. The first-order valence-electron chi connectivity index (χ1n) is 5.76. The van der Waals surface area contributed by atoms with Crippen LogP contribution in [-0.2, 0) is 9.53 Å². The SMILES string of the molecule is CCOC(=O)CCCNc1ccc(Cl)cc1C#N. The van der Waals surface area contributed by atoms with Crippen molar-refractivity contribution in [3.63, 3.8) is 0 Å². The molecule has 0 bridgehead atoms. The number of ether oxygens (including phenoxy) is 1. The van der Waals surface area contributed by atoms with Crippen LogP contribution in [0.15, 0.2) is 18.2 Å². The van der Waals surface area contributed by atoms with E-state index in [0.717, 1.165) is 5.69 Å². The van der Waals surface area contributed by atoms with Gasteiger partial charge in [-0.3, -0.25) is 4.79 Å². The zero-order valence-corrected chi connectivity index (χ0v) is 11.0. The van der Waals surface area contributed by atoms with Crippen LogP contribution in [0.25, 0.3) is 0 Å². The van der Waals surface area contributed by atoms with Crippen LogP contribution in [0.5, 0.6) is 0 Å². The molecule has 0 unspecified atom stereocenters. The highest BCUT2D eigenvalue weighted by atomic mass is 35.5. The van der Waals surface area contributed by atoms with Crippen LogP contribution in [0.1, 0.15) is 25.3 Å². The van der Waals surface area contributed by atoms with Crippen LogP contribution in [0.3, 0.4) is 0 Å². The Labute approximate surface area is 112 Å². The molecule has 0 atom stereocenters. The molecule has 1 aromatic carbocycles. The lowest BCUT2D eigenvalue weighted by atomic mass is 10.2. The van der Waals surface area contributed by atoms with Gasteiger partial charge < -0.3 is 10.1 Å². The molecule has 18 heavy (non-hydrogen) atoms. The van der Waals surface area contributed by atoms with Crippen molar-refractivity contribution in [3.05, 3.63) is 28.8 Å². The number of nitrogens with one attached hydrogen (secondary N) is 1. The topological polar surface area (TPSA) is 62.1 Å². The molecule has 0 amide bonds. The predicted octanol–water partition coefficient (Wildman–Crippen LogP) is 2.97. The molecule has 0 heterocycles. The Hall–Kier alpha value is -1.73. The van der Waals surface area contributed by atoms with Crippen LogP contribution in [-0.4, -0.2) is 19.1 Å². The van der Waals surface area contributed by atoms with Gasteiger partial charge in [-0.2, -0.15) is 5.26 Å². The second-order valence-electron chi connectivity index (χ2n) is 3.64. The van der Waals surface area contributed by atoms with Crippen molar-refractivity contribution in [2.75, 3.05) is 18.5 Å². The summed E-state index contributed by atoms with van der Waals surface area (Å²) in [4.78, 5) is 11.1. The van der Waals surface area contributed by atoms with Gasteiger partial charge >= 0.3 is 5.97 Å². The molecule has 0 aromatic heterocycles. The van der Waals surface area contributed by atoms with Crippen LogP contribution in [0.2, 0.25) is 5.02 Å². The van der Waals surface area contributed by atoms with Crippen molar-refractivity contribution in [3.8, 4) is 6.07 Å². The lowest BCUT2D eigenvalue weighted by molar-refractivity contribution is -0.143. The Kier molecular flexibility index (Phi) is 6.03. The van der Waals surface area contributed by atoms with E-state index in [4.69, 9.17) is 21.6 Å². The molecule has 0 aliphatic heterocycles. The van der Waals surface area contributed by atoms with Gasteiger partial charge in [-0.05, 0) is 31.5 Å². The summed E-state index contributed by atoms with van der Waals surface area (Å²) in [7, 11) is 0. The number of anilines is 1. The van der Waals surface area contributed by atoms with E-state index in [1.165, 1.54) is 0 Å². The van der Waals surface area contributed by atoms with Crippen molar-refractivity contribution in [1.82, 2.24) is 0 Å². The van der Waals surface area contributed by atoms with Crippen molar-refractivity contribution in [2.24, 2.45) is 0 Å². The number of carbonyl (C=O) groups is 1. The second kappa shape index (κ2) is 7.57. The zero-order valence-electron chi connectivity index (χ0n) is 10.2. The molecule has 0 spiro atoms. The smallest absolute Gasteiger partial charge is 0.305 e. The fourth-order valence-electron chi connectivity index (χ4n) is 1.45. The number of rotatable bonds is 6. The summed E-state index contributed by atoms with van der Waals surface area (Å²) in [5, 5.41) is 12.6. The number of esters is 1. The van der Waals surface area contributed by atoms with Crippen LogP contribution in [0.4, 0.5) is 5.69 Å².